The standard InChI is InChI=1S/C17H24N6O2S/c1-3-14-10-23(7-6-22(14)9-12(2)24)15-5-4-13(8-18-15)16(25)20-17-21-19-11-26-17/h4-5,8,11-12,14,24H,3,6-7,9-10H2,1-2H3,(H,20,21,25). The van der Waals surface area contributed by atoms with Crippen LogP contribution in [0.1, 0.15) is 30.6 Å². The molecule has 1 aliphatic heterocycles. The molecule has 8 nitrogen and oxygen atoms in total. The fourth-order valence-electron chi connectivity index (χ4n) is 3.17. The number of anilines is 2. The van der Waals surface area contributed by atoms with Gasteiger partial charge in [-0.1, -0.05) is 18.3 Å². The van der Waals surface area contributed by atoms with E-state index in [1.807, 2.05) is 13.0 Å². The van der Waals surface area contributed by atoms with E-state index in [0.29, 0.717) is 23.3 Å². The molecule has 0 aromatic carbocycles. The second-order valence-electron chi connectivity index (χ2n) is 6.46. The minimum atomic E-state index is -0.320. The van der Waals surface area contributed by atoms with Gasteiger partial charge in [0, 0.05) is 38.4 Å². The summed E-state index contributed by atoms with van der Waals surface area (Å²) in [5.74, 6) is 0.626. The van der Waals surface area contributed by atoms with Gasteiger partial charge in [-0.25, -0.2) is 4.98 Å². The summed E-state index contributed by atoms with van der Waals surface area (Å²) in [5, 5.41) is 20.3. The molecule has 2 aromatic heterocycles. The van der Waals surface area contributed by atoms with E-state index < -0.39 is 0 Å². The zero-order chi connectivity index (χ0) is 18.5. The Balaban J connectivity index is 1.62. The summed E-state index contributed by atoms with van der Waals surface area (Å²) in [6.07, 6.45) is 2.29. The van der Waals surface area contributed by atoms with Gasteiger partial charge in [0.1, 0.15) is 11.3 Å². The number of aromatic nitrogens is 3. The first-order valence-corrected chi connectivity index (χ1v) is 9.65. The fraction of sp³-hybridized carbons (Fsp3) is 0.529. The van der Waals surface area contributed by atoms with Crippen LogP contribution in [0.25, 0.3) is 0 Å². The lowest BCUT2D eigenvalue weighted by atomic mass is 10.1. The third-order valence-corrected chi connectivity index (χ3v) is 5.10. The minimum Gasteiger partial charge on any atom is -0.392 e. The van der Waals surface area contributed by atoms with Crippen molar-refractivity contribution in [3.05, 3.63) is 29.4 Å². The Morgan fingerprint density at radius 1 is 1.46 bits per heavy atom. The molecule has 1 saturated heterocycles. The van der Waals surface area contributed by atoms with Crippen LogP contribution in [0.2, 0.25) is 0 Å². The van der Waals surface area contributed by atoms with Gasteiger partial charge in [-0.05, 0) is 25.5 Å². The Morgan fingerprint density at radius 3 is 2.92 bits per heavy atom. The summed E-state index contributed by atoms with van der Waals surface area (Å²) in [7, 11) is 0. The number of aliphatic hydroxyl groups is 1. The highest BCUT2D eigenvalue weighted by atomic mass is 32.1. The van der Waals surface area contributed by atoms with Crippen molar-refractivity contribution in [1.82, 2.24) is 20.1 Å². The predicted molar refractivity (Wildman–Crippen MR) is 102 cm³/mol. The van der Waals surface area contributed by atoms with Crippen LogP contribution in [-0.4, -0.2) is 69.4 Å². The second kappa shape index (κ2) is 8.52. The molecule has 0 radical (unpaired) electrons. The molecule has 26 heavy (non-hydrogen) atoms. The molecule has 3 heterocycles. The third kappa shape index (κ3) is 4.54. The lowest BCUT2D eigenvalue weighted by molar-refractivity contribution is 0.0884. The van der Waals surface area contributed by atoms with Gasteiger partial charge >= 0.3 is 0 Å². The number of nitrogens with one attached hydrogen (secondary N) is 1. The average molecular weight is 376 g/mol. The maximum absolute atomic E-state index is 12.2. The summed E-state index contributed by atoms with van der Waals surface area (Å²) in [6, 6.07) is 4.05. The number of amides is 1. The molecule has 1 fully saturated rings. The summed E-state index contributed by atoms with van der Waals surface area (Å²) < 4.78 is 0. The maximum atomic E-state index is 12.2. The van der Waals surface area contributed by atoms with Gasteiger partial charge in [0.2, 0.25) is 5.13 Å². The lowest BCUT2D eigenvalue weighted by Crippen LogP contribution is -2.54. The molecule has 2 atom stereocenters. The first-order valence-electron chi connectivity index (χ1n) is 8.77. The first-order chi connectivity index (χ1) is 12.6. The number of aliphatic hydroxyl groups excluding tert-OH is 1. The largest absolute Gasteiger partial charge is 0.392 e. The molecule has 0 bridgehead atoms. The Bertz CT molecular complexity index is 707. The SMILES string of the molecule is CCC1CN(c2ccc(C(=O)Nc3nncs3)cn2)CCN1CC(C)O. The average Bonchev–Trinajstić information content (AvgIpc) is 3.14. The maximum Gasteiger partial charge on any atom is 0.259 e. The van der Waals surface area contributed by atoms with E-state index in [2.05, 4.69) is 37.2 Å². The molecule has 2 N–H and O–H groups in total. The topological polar surface area (TPSA) is 94.5 Å². The van der Waals surface area contributed by atoms with Gasteiger partial charge in [0.25, 0.3) is 5.91 Å². The van der Waals surface area contributed by atoms with Crippen molar-refractivity contribution in [3.8, 4) is 0 Å². The van der Waals surface area contributed by atoms with Crippen LogP contribution in [0.15, 0.2) is 23.8 Å². The highest BCUT2D eigenvalue weighted by Gasteiger charge is 2.27. The van der Waals surface area contributed by atoms with Crippen LogP contribution in [0, 0.1) is 0 Å². The van der Waals surface area contributed by atoms with Gasteiger partial charge in [-0.2, -0.15) is 0 Å². The van der Waals surface area contributed by atoms with Crippen LogP contribution in [0.5, 0.6) is 0 Å². The zero-order valence-corrected chi connectivity index (χ0v) is 15.8. The number of hydrogen-bond acceptors (Lipinski definition) is 8. The molecule has 2 unspecified atom stereocenters. The monoisotopic (exact) mass is 376 g/mol. The Morgan fingerprint density at radius 2 is 2.31 bits per heavy atom. The summed E-state index contributed by atoms with van der Waals surface area (Å²) in [4.78, 5) is 21.2. The van der Waals surface area contributed by atoms with E-state index in [1.165, 1.54) is 11.3 Å². The van der Waals surface area contributed by atoms with Crippen molar-refractivity contribution >= 4 is 28.2 Å². The first kappa shape index (κ1) is 18.7. The van der Waals surface area contributed by atoms with Crippen molar-refractivity contribution in [1.29, 1.82) is 0 Å². The van der Waals surface area contributed by atoms with E-state index in [1.54, 1.807) is 17.8 Å². The number of β-amino-alcohol motifs (C(OH)–C–C–N with tert-alkyl or cyclic N) is 1. The van der Waals surface area contributed by atoms with E-state index >= 15 is 0 Å². The third-order valence-electron chi connectivity index (χ3n) is 4.49. The number of carbonyl (C=O) groups excluding carboxylic acids is 1. The molecule has 1 aliphatic rings. The van der Waals surface area contributed by atoms with E-state index in [0.717, 1.165) is 31.9 Å². The molecule has 3 rings (SSSR count). The quantitative estimate of drug-likeness (QED) is 0.788. The van der Waals surface area contributed by atoms with Gasteiger partial charge in [-0.15, -0.1) is 10.2 Å². The number of carbonyl (C=O) groups is 1. The van der Waals surface area contributed by atoms with Crippen molar-refractivity contribution in [2.75, 3.05) is 36.4 Å². The zero-order valence-electron chi connectivity index (χ0n) is 15.0. The molecule has 1 amide bonds. The van der Waals surface area contributed by atoms with Crippen molar-refractivity contribution in [3.63, 3.8) is 0 Å². The molecular weight excluding hydrogens is 352 g/mol. The highest BCUT2D eigenvalue weighted by molar-refractivity contribution is 7.13. The van der Waals surface area contributed by atoms with Crippen LogP contribution in [-0.2, 0) is 0 Å². The van der Waals surface area contributed by atoms with Crippen LogP contribution >= 0.6 is 11.3 Å². The summed E-state index contributed by atoms with van der Waals surface area (Å²) in [6.45, 7) is 7.30. The predicted octanol–water partition coefficient (Wildman–Crippen LogP) is 1.47. The van der Waals surface area contributed by atoms with Gasteiger partial charge in [0.05, 0.1) is 11.7 Å². The molecule has 140 valence electrons. The number of piperazine rings is 1. The normalized spacial score (nSPS) is 19.3. The van der Waals surface area contributed by atoms with Gasteiger partial charge in [0.15, 0.2) is 0 Å². The van der Waals surface area contributed by atoms with E-state index in [4.69, 9.17) is 0 Å². The van der Waals surface area contributed by atoms with Gasteiger partial charge in [-0.3, -0.25) is 15.0 Å². The molecule has 2 aromatic rings. The second-order valence-corrected chi connectivity index (χ2v) is 7.29. The molecular formula is C17H24N6O2S. The Labute approximate surface area is 156 Å². The fourth-order valence-corrected chi connectivity index (χ4v) is 3.61. The smallest absolute Gasteiger partial charge is 0.259 e. The van der Waals surface area contributed by atoms with Gasteiger partial charge < -0.3 is 10.0 Å². The molecule has 0 aliphatic carbocycles. The Kier molecular flexibility index (Phi) is 6.12. The van der Waals surface area contributed by atoms with E-state index in [-0.39, 0.29) is 12.0 Å². The van der Waals surface area contributed by atoms with Crippen molar-refractivity contribution in [2.45, 2.75) is 32.4 Å². The molecule has 9 heteroatoms. The van der Waals surface area contributed by atoms with E-state index in [9.17, 15) is 9.90 Å². The number of pyridine rings is 1. The summed E-state index contributed by atoms with van der Waals surface area (Å²) in [5.41, 5.74) is 2.06. The van der Waals surface area contributed by atoms with Crippen LogP contribution in [0.4, 0.5) is 10.9 Å². The summed E-state index contributed by atoms with van der Waals surface area (Å²) >= 11 is 1.27. The van der Waals surface area contributed by atoms with Crippen LogP contribution < -0.4 is 10.2 Å². The molecule has 0 saturated carbocycles. The van der Waals surface area contributed by atoms with Crippen molar-refractivity contribution < 1.29 is 9.90 Å². The lowest BCUT2D eigenvalue weighted by Gasteiger charge is -2.42. The number of nitrogens with zero attached hydrogens (tertiary/aromatic N) is 5. The molecule has 0 spiro atoms. The minimum absolute atomic E-state index is 0.242. The number of hydrogen-bond donors (Lipinski definition) is 2. The highest BCUT2D eigenvalue weighted by Crippen LogP contribution is 2.20. The van der Waals surface area contributed by atoms with Crippen LogP contribution in [0.3, 0.4) is 0 Å². The number of rotatable bonds is 6. The van der Waals surface area contributed by atoms with Crippen molar-refractivity contribution in [2.24, 2.45) is 0 Å². The Hall–Kier alpha value is -2.10.